The Morgan fingerprint density at radius 1 is 1.46 bits per heavy atom. The van der Waals surface area contributed by atoms with E-state index in [4.69, 9.17) is 11.2 Å². The number of para-hydroxylation sites is 1. The van der Waals surface area contributed by atoms with Gasteiger partial charge < -0.3 is 4.74 Å². The summed E-state index contributed by atoms with van der Waals surface area (Å²) < 4.78 is 5.60. The van der Waals surface area contributed by atoms with E-state index in [0.29, 0.717) is 0 Å². The van der Waals surface area contributed by atoms with Gasteiger partial charge in [-0.15, -0.1) is 19.1 Å². The SMILES string of the molecule is C#CC1(S)CCc2ccccc2O1. The fourth-order valence-electron chi connectivity index (χ4n) is 1.45. The number of hydrogen-bond acceptors (Lipinski definition) is 2. The molecule has 1 aliphatic rings. The molecule has 1 nitrogen and oxygen atoms in total. The fraction of sp³-hybridized carbons (Fsp3) is 0.273. The Morgan fingerprint density at radius 2 is 2.23 bits per heavy atom. The van der Waals surface area contributed by atoms with Gasteiger partial charge in [-0.05, 0) is 24.0 Å². The van der Waals surface area contributed by atoms with Crippen molar-refractivity contribution in [1.82, 2.24) is 0 Å². The van der Waals surface area contributed by atoms with Crippen LogP contribution in [0.5, 0.6) is 5.75 Å². The molecule has 0 aliphatic carbocycles. The maximum absolute atomic E-state index is 5.60. The lowest BCUT2D eigenvalue weighted by Gasteiger charge is -2.30. The molecule has 1 aliphatic heterocycles. The van der Waals surface area contributed by atoms with Crippen LogP contribution in [0.15, 0.2) is 24.3 Å². The summed E-state index contributed by atoms with van der Waals surface area (Å²) in [6.45, 7) is 0. The van der Waals surface area contributed by atoms with E-state index in [2.05, 4.69) is 24.6 Å². The minimum Gasteiger partial charge on any atom is -0.465 e. The van der Waals surface area contributed by atoms with Crippen LogP contribution >= 0.6 is 12.6 Å². The number of thiol groups is 1. The Balaban J connectivity index is 2.36. The standard InChI is InChI=1S/C11H10OS/c1-2-11(13)8-7-9-5-3-4-6-10(9)12-11/h1,3-6,13H,7-8H2. The average molecular weight is 190 g/mol. The monoisotopic (exact) mass is 190 g/mol. The van der Waals surface area contributed by atoms with Gasteiger partial charge in [-0.2, -0.15) is 0 Å². The molecule has 1 heterocycles. The maximum Gasteiger partial charge on any atom is 0.213 e. The van der Waals surface area contributed by atoms with E-state index in [1.54, 1.807) is 0 Å². The minimum absolute atomic E-state index is 0.714. The number of hydrogen-bond donors (Lipinski definition) is 1. The zero-order valence-electron chi connectivity index (χ0n) is 7.16. The highest BCUT2D eigenvalue weighted by Crippen LogP contribution is 2.34. The summed E-state index contributed by atoms with van der Waals surface area (Å²) in [5.74, 6) is 3.43. The summed E-state index contributed by atoms with van der Waals surface area (Å²) in [5.41, 5.74) is 1.21. The first-order valence-corrected chi connectivity index (χ1v) is 4.65. The van der Waals surface area contributed by atoms with Crippen molar-refractivity contribution in [3.05, 3.63) is 29.8 Å². The van der Waals surface area contributed by atoms with Crippen molar-refractivity contribution >= 4 is 12.6 Å². The van der Waals surface area contributed by atoms with Gasteiger partial charge in [0, 0.05) is 6.42 Å². The summed E-state index contributed by atoms with van der Waals surface area (Å²) in [6.07, 6.45) is 7.05. The van der Waals surface area contributed by atoms with Gasteiger partial charge in [-0.25, -0.2) is 0 Å². The van der Waals surface area contributed by atoms with Crippen molar-refractivity contribution in [2.45, 2.75) is 17.8 Å². The molecule has 66 valence electrons. The van der Waals surface area contributed by atoms with Crippen LogP contribution in [0, 0.1) is 12.3 Å². The predicted octanol–water partition coefficient (Wildman–Crippen LogP) is 2.27. The van der Waals surface area contributed by atoms with Gasteiger partial charge >= 0.3 is 0 Å². The zero-order chi connectivity index (χ0) is 9.31. The first-order chi connectivity index (χ1) is 6.23. The number of ether oxygens (including phenoxy) is 1. The third-order valence-electron chi connectivity index (χ3n) is 2.21. The maximum atomic E-state index is 5.60. The smallest absolute Gasteiger partial charge is 0.213 e. The van der Waals surface area contributed by atoms with Crippen LogP contribution in [-0.2, 0) is 6.42 Å². The Bertz CT molecular complexity index is 367. The van der Waals surface area contributed by atoms with Crippen LogP contribution in [0.4, 0.5) is 0 Å². The third kappa shape index (κ3) is 1.52. The van der Waals surface area contributed by atoms with E-state index in [1.807, 2.05) is 18.2 Å². The van der Waals surface area contributed by atoms with Gasteiger partial charge in [0.1, 0.15) is 5.75 Å². The highest BCUT2D eigenvalue weighted by atomic mass is 32.1. The summed E-state index contributed by atoms with van der Waals surface area (Å²) in [6, 6.07) is 7.93. The molecular weight excluding hydrogens is 180 g/mol. The van der Waals surface area contributed by atoms with Gasteiger partial charge in [0.25, 0.3) is 0 Å². The summed E-state index contributed by atoms with van der Waals surface area (Å²) in [5, 5.41) is 0. The molecule has 0 radical (unpaired) electrons. The molecule has 0 bridgehead atoms. The summed E-state index contributed by atoms with van der Waals surface area (Å²) >= 11 is 4.32. The van der Waals surface area contributed by atoms with Crippen LogP contribution < -0.4 is 4.74 Å². The molecule has 0 saturated heterocycles. The molecule has 0 amide bonds. The van der Waals surface area contributed by atoms with Crippen molar-refractivity contribution in [2.24, 2.45) is 0 Å². The van der Waals surface area contributed by atoms with Crippen molar-refractivity contribution in [1.29, 1.82) is 0 Å². The lowest BCUT2D eigenvalue weighted by atomic mass is 10.0. The molecule has 1 unspecified atom stereocenters. The largest absolute Gasteiger partial charge is 0.465 e. The molecule has 1 aromatic carbocycles. The topological polar surface area (TPSA) is 9.23 Å². The minimum atomic E-state index is -0.714. The summed E-state index contributed by atoms with van der Waals surface area (Å²) in [4.78, 5) is -0.714. The second-order valence-corrected chi connectivity index (χ2v) is 3.86. The zero-order valence-corrected chi connectivity index (χ0v) is 8.05. The van der Waals surface area contributed by atoms with Gasteiger partial charge in [0.15, 0.2) is 0 Å². The molecular formula is C11H10OS. The molecule has 2 rings (SSSR count). The van der Waals surface area contributed by atoms with Crippen LogP contribution in [0.25, 0.3) is 0 Å². The molecule has 2 heteroatoms. The number of rotatable bonds is 0. The van der Waals surface area contributed by atoms with Gasteiger partial charge in [-0.1, -0.05) is 18.2 Å². The Labute approximate surface area is 83.5 Å². The lowest BCUT2D eigenvalue weighted by Crippen LogP contribution is -2.31. The van der Waals surface area contributed by atoms with Crippen LogP contribution in [0.2, 0.25) is 0 Å². The van der Waals surface area contributed by atoms with Crippen molar-refractivity contribution in [3.63, 3.8) is 0 Å². The Hall–Kier alpha value is -1.07. The lowest BCUT2D eigenvalue weighted by molar-refractivity contribution is 0.197. The van der Waals surface area contributed by atoms with Crippen LogP contribution in [0.3, 0.4) is 0 Å². The Morgan fingerprint density at radius 3 is 3.00 bits per heavy atom. The van der Waals surface area contributed by atoms with Gasteiger partial charge in [0.2, 0.25) is 4.93 Å². The molecule has 1 atom stereocenters. The van der Waals surface area contributed by atoms with E-state index in [-0.39, 0.29) is 0 Å². The number of terminal acetylenes is 1. The first kappa shape index (κ1) is 8.52. The quantitative estimate of drug-likeness (QED) is 0.488. The first-order valence-electron chi connectivity index (χ1n) is 4.20. The molecule has 0 aromatic heterocycles. The van der Waals surface area contributed by atoms with E-state index in [9.17, 15) is 0 Å². The number of fused-ring (bicyclic) bond motifs is 1. The molecule has 0 fully saturated rings. The second kappa shape index (κ2) is 3.01. The van der Waals surface area contributed by atoms with E-state index < -0.39 is 4.93 Å². The third-order valence-corrected chi connectivity index (χ3v) is 2.65. The van der Waals surface area contributed by atoms with Crippen molar-refractivity contribution in [2.75, 3.05) is 0 Å². The Kier molecular flexibility index (Phi) is 1.97. The predicted molar refractivity (Wildman–Crippen MR) is 55.9 cm³/mol. The highest BCUT2D eigenvalue weighted by Gasteiger charge is 2.29. The van der Waals surface area contributed by atoms with Gasteiger partial charge in [-0.3, -0.25) is 0 Å². The normalized spacial score (nSPS) is 25.5. The molecule has 0 N–H and O–H groups in total. The summed E-state index contributed by atoms with van der Waals surface area (Å²) in [7, 11) is 0. The van der Waals surface area contributed by atoms with Crippen LogP contribution in [-0.4, -0.2) is 4.93 Å². The molecule has 0 spiro atoms. The van der Waals surface area contributed by atoms with E-state index >= 15 is 0 Å². The van der Waals surface area contributed by atoms with Crippen molar-refractivity contribution in [3.8, 4) is 18.1 Å². The number of aryl methyl sites for hydroxylation is 1. The molecule has 13 heavy (non-hydrogen) atoms. The highest BCUT2D eigenvalue weighted by molar-refractivity contribution is 7.82. The second-order valence-electron chi connectivity index (χ2n) is 3.14. The molecule has 1 aromatic rings. The van der Waals surface area contributed by atoms with Crippen molar-refractivity contribution < 1.29 is 4.74 Å². The molecule has 0 saturated carbocycles. The van der Waals surface area contributed by atoms with E-state index in [1.165, 1.54) is 5.56 Å². The van der Waals surface area contributed by atoms with Crippen LogP contribution in [0.1, 0.15) is 12.0 Å². The van der Waals surface area contributed by atoms with E-state index in [0.717, 1.165) is 18.6 Å². The average Bonchev–Trinajstić information content (AvgIpc) is 2.18. The number of benzene rings is 1. The fourth-order valence-corrected chi connectivity index (χ4v) is 1.66. The van der Waals surface area contributed by atoms with Gasteiger partial charge in [0.05, 0.1) is 0 Å².